The summed E-state index contributed by atoms with van der Waals surface area (Å²) < 4.78 is 0. The van der Waals surface area contributed by atoms with Gasteiger partial charge in [0, 0.05) is 13.1 Å². The number of hydrogen-bond acceptors (Lipinski definition) is 4. The van der Waals surface area contributed by atoms with Gasteiger partial charge < -0.3 is 10.2 Å². The van der Waals surface area contributed by atoms with E-state index in [1.165, 1.54) is 0 Å². The van der Waals surface area contributed by atoms with Crippen molar-refractivity contribution in [1.82, 2.24) is 0 Å². The molecule has 0 saturated carbocycles. The van der Waals surface area contributed by atoms with Gasteiger partial charge in [0.05, 0.1) is 29.6 Å². The molecule has 16 heavy (non-hydrogen) atoms. The number of nitriles is 1. The number of nitrogens with zero attached hydrogens (tertiary/aromatic N) is 2. The quantitative estimate of drug-likeness (QED) is 0.809. The average Bonchev–Trinajstić information content (AvgIpc) is 2.28. The summed E-state index contributed by atoms with van der Waals surface area (Å²) in [6, 6.07) is 7.60. The van der Waals surface area contributed by atoms with Crippen molar-refractivity contribution >= 4 is 17.2 Å². The molecule has 0 bridgehead atoms. The van der Waals surface area contributed by atoms with Crippen LogP contribution < -0.4 is 10.2 Å². The van der Waals surface area contributed by atoms with Gasteiger partial charge in [0.25, 0.3) is 0 Å². The van der Waals surface area contributed by atoms with Crippen LogP contribution in [0.25, 0.3) is 0 Å². The highest BCUT2D eigenvalue weighted by Gasteiger charge is 2.17. The van der Waals surface area contributed by atoms with Crippen LogP contribution in [0.15, 0.2) is 18.2 Å². The molecule has 1 N–H and O–H groups in total. The Morgan fingerprint density at radius 3 is 3.12 bits per heavy atom. The molecular formula is C12H13N3O. The fourth-order valence-electron chi connectivity index (χ4n) is 1.90. The Morgan fingerprint density at radius 1 is 1.62 bits per heavy atom. The molecule has 0 spiro atoms. The van der Waals surface area contributed by atoms with Gasteiger partial charge in [0.2, 0.25) is 0 Å². The van der Waals surface area contributed by atoms with Crippen LogP contribution >= 0.6 is 0 Å². The number of nitrogens with one attached hydrogen (secondary N) is 1. The van der Waals surface area contributed by atoms with Crippen LogP contribution in [0, 0.1) is 11.3 Å². The molecular weight excluding hydrogens is 202 g/mol. The normalized spacial score (nSPS) is 13.6. The van der Waals surface area contributed by atoms with Gasteiger partial charge in [0.1, 0.15) is 5.78 Å². The van der Waals surface area contributed by atoms with Gasteiger partial charge >= 0.3 is 0 Å². The number of rotatable bonds is 2. The molecule has 0 atom stereocenters. The Bertz CT molecular complexity index is 462. The van der Waals surface area contributed by atoms with Crippen molar-refractivity contribution in [3.05, 3.63) is 23.8 Å². The molecule has 1 aliphatic heterocycles. The third-order valence-electron chi connectivity index (χ3n) is 2.58. The SMILES string of the molecule is CC(=O)CN1CCNc2cc(C#N)ccc21. The second-order valence-electron chi connectivity index (χ2n) is 3.89. The lowest BCUT2D eigenvalue weighted by Gasteiger charge is -2.31. The lowest BCUT2D eigenvalue weighted by molar-refractivity contribution is -0.115. The van der Waals surface area contributed by atoms with E-state index in [1.807, 2.05) is 17.0 Å². The molecule has 2 rings (SSSR count). The Morgan fingerprint density at radius 2 is 2.44 bits per heavy atom. The predicted molar refractivity (Wildman–Crippen MR) is 62.5 cm³/mol. The Balaban J connectivity index is 2.33. The maximum atomic E-state index is 11.1. The smallest absolute Gasteiger partial charge is 0.149 e. The first-order valence-corrected chi connectivity index (χ1v) is 5.23. The molecule has 0 radical (unpaired) electrons. The first-order valence-electron chi connectivity index (χ1n) is 5.23. The van der Waals surface area contributed by atoms with Crippen LogP contribution in [-0.4, -0.2) is 25.4 Å². The van der Waals surface area contributed by atoms with E-state index in [1.54, 1.807) is 13.0 Å². The molecule has 1 aliphatic rings. The van der Waals surface area contributed by atoms with Gasteiger partial charge in [-0.05, 0) is 25.1 Å². The second kappa shape index (κ2) is 4.23. The van der Waals surface area contributed by atoms with Crippen molar-refractivity contribution in [1.29, 1.82) is 5.26 Å². The number of fused-ring (bicyclic) bond motifs is 1. The van der Waals surface area contributed by atoms with Crippen LogP contribution in [0.3, 0.4) is 0 Å². The maximum Gasteiger partial charge on any atom is 0.149 e. The maximum absolute atomic E-state index is 11.1. The number of benzene rings is 1. The van der Waals surface area contributed by atoms with Gasteiger partial charge in [-0.3, -0.25) is 4.79 Å². The van der Waals surface area contributed by atoms with E-state index in [2.05, 4.69) is 11.4 Å². The summed E-state index contributed by atoms with van der Waals surface area (Å²) >= 11 is 0. The molecule has 0 aromatic heterocycles. The van der Waals surface area contributed by atoms with E-state index < -0.39 is 0 Å². The van der Waals surface area contributed by atoms with Gasteiger partial charge in [0.15, 0.2) is 0 Å². The first kappa shape index (κ1) is 10.5. The van der Waals surface area contributed by atoms with E-state index in [0.717, 1.165) is 24.5 Å². The van der Waals surface area contributed by atoms with E-state index in [0.29, 0.717) is 12.1 Å². The van der Waals surface area contributed by atoms with Crippen molar-refractivity contribution in [3.63, 3.8) is 0 Å². The van der Waals surface area contributed by atoms with Crippen molar-refractivity contribution in [3.8, 4) is 6.07 Å². The second-order valence-corrected chi connectivity index (χ2v) is 3.89. The summed E-state index contributed by atoms with van der Waals surface area (Å²) in [6.45, 7) is 3.64. The molecule has 1 aromatic rings. The summed E-state index contributed by atoms with van der Waals surface area (Å²) in [5, 5.41) is 12.0. The molecule has 0 amide bonds. The Hall–Kier alpha value is -2.02. The third kappa shape index (κ3) is 1.98. The fourth-order valence-corrected chi connectivity index (χ4v) is 1.90. The summed E-state index contributed by atoms with van der Waals surface area (Å²) in [4.78, 5) is 13.2. The molecule has 4 heteroatoms. The zero-order chi connectivity index (χ0) is 11.5. The molecule has 4 nitrogen and oxygen atoms in total. The zero-order valence-corrected chi connectivity index (χ0v) is 9.16. The van der Waals surface area contributed by atoms with Gasteiger partial charge in [-0.15, -0.1) is 0 Å². The Kier molecular flexibility index (Phi) is 2.78. The molecule has 82 valence electrons. The van der Waals surface area contributed by atoms with Crippen molar-refractivity contribution < 1.29 is 4.79 Å². The number of carbonyl (C=O) groups excluding carboxylic acids is 1. The minimum absolute atomic E-state index is 0.150. The van der Waals surface area contributed by atoms with Crippen molar-refractivity contribution in [2.45, 2.75) is 6.92 Å². The predicted octanol–water partition coefficient (Wildman–Crippen LogP) is 1.38. The van der Waals surface area contributed by atoms with Gasteiger partial charge in [-0.2, -0.15) is 5.26 Å². The van der Waals surface area contributed by atoms with Gasteiger partial charge in [-0.1, -0.05) is 0 Å². The zero-order valence-electron chi connectivity index (χ0n) is 9.16. The molecule has 0 unspecified atom stereocenters. The highest BCUT2D eigenvalue weighted by atomic mass is 16.1. The molecule has 0 fully saturated rings. The third-order valence-corrected chi connectivity index (χ3v) is 2.58. The number of anilines is 2. The van der Waals surface area contributed by atoms with Crippen molar-refractivity contribution in [2.75, 3.05) is 29.9 Å². The number of ketones is 1. The monoisotopic (exact) mass is 215 g/mol. The van der Waals surface area contributed by atoms with E-state index in [4.69, 9.17) is 5.26 Å². The first-order chi connectivity index (χ1) is 7.70. The molecule has 1 aromatic carbocycles. The minimum Gasteiger partial charge on any atom is -0.382 e. The van der Waals surface area contributed by atoms with Crippen molar-refractivity contribution in [2.24, 2.45) is 0 Å². The number of hydrogen-bond donors (Lipinski definition) is 1. The Labute approximate surface area is 94.5 Å². The van der Waals surface area contributed by atoms with Crippen LogP contribution in [-0.2, 0) is 4.79 Å². The van der Waals surface area contributed by atoms with Crippen LogP contribution in [0.1, 0.15) is 12.5 Å². The van der Waals surface area contributed by atoms with Crippen LogP contribution in [0.4, 0.5) is 11.4 Å². The summed E-state index contributed by atoms with van der Waals surface area (Å²) in [5.74, 6) is 0.150. The number of Topliss-reactive ketones (excluding diaryl/α,β-unsaturated/α-hetero) is 1. The minimum atomic E-state index is 0.150. The molecule has 0 saturated heterocycles. The van der Waals surface area contributed by atoms with E-state index in [9.17, 15) is 4.79 Å². The molecule has 0 aliphatic carbocycles. The topological polar surface area (TPSA) is 56.1 Å². The lowest BCUT2D eigenvalue weighted by Crippen LogP contribution is -2.37. The van der Waals surface area contributed by atoms with E-state index in [-0.39, 0.29) is 5.78 Å². The average molecular weight is 215 g/mol. The summed E-state index contributed by atoms with van der Waals surface area (Å²) in [5.41, 5.74) is 2.57. The highest BCUT2D eigenvalue weighted by Crippen LogP contribution is 2.29. The number of carbonyl (C=O) groups is 1. The standard InChI is InChI=1S/C12H13N3O/c1-9(16)8-15-5-4-14-11-6-10(7-13)2-3-12(11)15/h2-3,6,14H,4-5,8H2,1H3. The summed E-state index contributed by atoms with van der Waals surface area (Å²) in [6.07, 6.45) is 0. The van der Waals surface area contributed by atoms with Crippen LogP contribution in [0.2, 0.25) is 0 Å². The summed E-state index contributed by atoms with van der Waals surface area (Å²) in [7, 11) is 0. The fraction of sp³-hybridized carbons (Fsp3) is 0.333. The largest absolute Gasteiger partial charge is 0.382 e. The van der Waals surface area contributed by atoms with Gasteiger partial charge in [-0.25, -0.2) is 0 Å². The van der Waals surface area contributed by atoms with Crippen LogP contribution in [0.5, 0.6) is 0 Å². The highest BCUT2D eigenvalue weighted by molar-refractivity contribution is 5.84. The van der Waals surface area contributed by atoms with E-state index >= 15 is 0 Å². The molecule has 1 heterocycles. The lowest BCUT2D eigenvalue weighted by atomic mass is 10.1.